The van der Waals surface area contributed by atoms with Gasteiger partial charge in [-0.05, 0) is 36.8 Å². The molecular formula is C20H24FN3O4S. The molecule has 3 rings (SSSR count). The summed E-state index contributed by atoms with van der Waals surface area (Å²) in [4.78, 5) is 13.8. The Labute approximate surface area is 170 Å². The summed E-state index contributed by atoms with van der Waals surface area (Å²) >= 11 is 0. The number of benzene rings is 2. The average Bonchev–Trinajstić information content (AvgIpc) is 2.72. The van der Waals surface area contributed by atoms with E-state index in [1.807, 2.05) is 31.2 Å². The summed E-state index contributed by atoms with van der Waals surface area (Å²) in [6.45, 7) is 3.47. The summed E-state index contributed by atoms with van der Waals surface area (Å²) in [5.41, 5.74) is 1.02. The summed E-state index contributed by atoms with van der Waals surface area (Å²) in [6, 6.07) is 12.3. The first-order chi connectivity index (χ1) is 13.9. The van der Waals surface area contributed by atoms with Crippen molar-refractivity contribution in [1.29, 1.82) is 0 Å². The normalized spacial score (nSPS) is 15.2. The van der Waals surface area contributed by atoms with Crippen LogP contribution in [0.4, 0.5) is 9.18 Å². The predicted molar refractivity (Wildman–Crippen MR) is 107 cm³/mol. The molecule has 0 spiro atoms. The van der Waals surface area contributed by atoms with Crippen molar-refractivity contribution in [3.05, 3.63) is 59.9 Å². The van der Waals surface area contributed by atoms with E-state index < -0.39 is 15.8 Å². The maximum absolute atomic E-state index is 13.4. The molecule has 1 aliphatic heterocycles. The summed E-state index contributed by atoms with van der Waals surface area (Å²) in [7, 11) is -3.77. The lowest BCUT2D eigenvalue weighted by atomic mass is 10.2. The lowest BCUT2D eigenvalue weighted by molar-refractivity contribution is 0.170. The third kappa shape index (κ3) is 5.24. The minimum absolute atomic E-state index is 0.0799. The van der Waals surface area contributed by atoms with Gasteiger partial charge < -0.3 is 15.0 Å². The molecule has 2 aromatic carbocycles. The zero-order chi connectivity index (χ0) is 20.9. The van der Waals surface area contributed by atoms with Gasteiger partial charge in [-0.1, -0.05) is 24.3 Å². The number of carbonyl (C=O) groups excluding carboxylic acids is 1. The highest BCUT2D eigenvalue weighted by molar-refractivity contribution is 7.89. The number of amides is 2. The van der Waals surface area contributed by atoms with Gasteiger partial charge in [0.2, 0.25) is 10.0 Å². The Kier molecular flexibility index (Phi) is 6.71. The minimum Gasteiger partial charge on any atom is -0.491 e. The van der Waals surface area contributed by atoms with Gasteiger partial charge in [0.1, 0.15) is 18.2 Å². The van der Waals surface area contributed by atoms with E-state index in [9.17, 15) is 17.6 Å². The number of urea groups is 1. The zero-order valence-electron chi connectivity index (χ0n) is 16.2. The second-order valence-corrected chi connectivity index (χ2v) is 8.63. The number of aryl methyl sites for hydroxylation is 1. The van der Waals surface area contributed by atoms with Gasteiger partial charge in [0.25, 0.3) is 0 Å². The van der Waals surface area contributed by atoms with Gasteiger partial charge in [0.15, 0.2) is 0 Å². The number of carbonyl (C=O) groups is 1. The van der Waals surface area contributed by atoms with Crippen LogP contribution in [-0.4, -0.2) is 63.0 Å². The van der Waals surface area contributed by atoms with Crippen LogP contribution in [0.15, 0.2) is 53.4 Å². The van der Waals surface area contributed by atoms with Crippen LogP contribution in [0.2, 0.25) is 0 Å². The average molecular weight is 421 g/mol. The van der Waals surface area contributed by atoms with E-state index in [0.29, 0.717) is 13.2 Å². The number of rotatable bonds is 6. The maximum Gasteiger partial charge on any atom is 0.317 e. The monoisotopic (exact) mass is 421 g/mol. The Bertz CT molecular complexity index is 960. The van der Waals surface area contributed by atoms with Crippen LogP contribution in [0, 0.1) is 12.7 Å². The van der Waals surface area contributed by atoms with Crippen molar-refractivity contribution in [3.63, 3.8) is 0 Å². The molecule has 2 amide bonds. The number of ether oxygens (including phenoxy) is 1. The highest BCUT2D eigenvalue weighted by Crippen LogP contribution is 2.18. The largest absolute Gasteiger partial charge is 0.491 e. The molecule has 1 aliphatic rings. The van der Waals surface area contributed by atoms with Crippen LogP contribution in [-0.2, 0) is 10.0 Å². The molecule has 0 aromatic heterocycles. The number of halogens is 1. The molecule has 1 saturated heterocycles. The van der Waals surface area contributed by atoms with E-state index in [1.165, 1.54) is 22.5 Å². The highest BCUT2D eigenvalue weighted by atomic mass is 32.2. The number of piperazine rings is 1. The van der Waals surface area contributed by atoms with Crippen LogP contribution in [0.1, 0.15) is 5.56 Å². The quantitative estimate of drug-likeness (QED) is 0.726. The third-order valence-electron chi connectivity index (χ3n) is 4.69. The summed E-state index contributed by atoms with van der Waals surface area (Å²) < 4.78 is 45.5. The lowest BCUT2D eigenvalue weighted by Crippen LogP contribution is -2.53. The Morgan fingerprint density at radius 3 is 2.52 bits per heavy atom. The molecule has 29 heavy (non-hydrogen) atoms. The SMILES string of the molecule is Cc1ccccc1OCCNC(=O)N1CCN(S(=O)(=O)c2cccc(F)c2)CC1. The van der Waals surface area contributed by atoms with Crippen molar-refractivity contribution in [2.24, 2.45) is 0 Å². The van der Waals surface area contributed by atoms with E-state index >= 15 is 0 Å². The Hall–Kier alpha value is -2.65. The smallest absolute Gasteiger partial charge is 0.317 e. The zero-order valence-corrected chi connectivity index (χ0v) is 17.0. The van der Waals surface area contributed by atoms with Crippen LogP contribution < -0.4 is 10.1 Å². The van der Waals surface area contributed by atoms with Crippen molar-refractivity contribution in [1.82, 2.24) is 14.5 Å². The van der Waals surface area contributed by atoms with Crippen LogP contribution in [0.5, 0.6) is 5.75 Å². The molecule has 0 unspecified atom stereocenters. The fraction of sp³-hybridized carbons (Fsp3) is 0.350. The van der Waals surface area contributed by atoms with Gasteiger partial charge in [0, 0.05) is 26.2 Å². The second-order valence-electron chi connectivity index (χ2n) is 6.69. The van der Waals surface area contributed by atoms with Gasteiger partial charge in [-0.2, -0.15) is 4.31 Å². The van der Waals surface area contributed by atoms with Gasteiger partial charge in [0.05, 0.1) is 11.4 Å². The number of hydrogen-bond donors (Lipinski definition) is 1. The number of hydrogen-bond acceptors (Lipinski definition) is 4. The van der Waals surface area contributed by atoms with Crippen molar-refractivity contribution in [2.75, 3.05) is 39.3 Å². The first-order valence-electron chi connectivity index (χ1n) is 9.35. The number of sulfonamides is 1. The molecule has 0 bridgehead atoms. The lowest BCUT2D eigenvalue weighted by Gasteiger charge is -2.34. The standard InChI is InChI=1S/C20H24FN3O4S/c1-16-5-2-3-8-19(16)28-14-9-22-20(25)23-10-12-24(13-11-23)29(26,27)18-7-4-6-17(21)15-18/h2-8,15H,9-14H2,1H3,(H,22,25). The van der Waals surface area contributed by atoms with E-state index in [4.69, 9.17) is 4.74 Å². The molecule has 2 aromatic rings. The number of nitrogens with zero attached hydrogens (tertiary/aromatic N) is 2. The highest BCUT2D eigenvalue weighted by Gasteiger charge is 2.30. The molecule has 1 fully saturated rings. The maximum atomic E-state index is 13.4. The van der Waals surface area contributed by atoms with Crippen LogP contribution in [0.25, 0.3) is 0 Å². The second kappa shape index (κ2) is 9.23. The molecule has 9 heteroatoms. The molecule has 7 nitrogen and oxygen atoms in total. The topological polar surface area (TPSA) is 79.0 Å². The van der Waals surface area contributed by atoms with E-state index in [-0.39, 0.29) is 37.1 Å². The van der Waals surface area contributed by atoms with Crippen molar-refractivity contribution in [2.45, 2.75) is 11.8 Å². The van der Waals surface area contributed by atoms with E-state index in [1.54, 1.807) is 4.90 Å². The van der Waals surface area contributed by atoms with Crippen LogP contribution >= 0.6 is 0 Å². The van der Waals surface area contributed by atoms with E-state index in [0.717, 1.165) is 17.4 Å². The fourth-order valence-electron chi connectivity index (χ4n) is 3.06. The Morgan fingerprint density at radius 2 is 1.83 bits per heavy atom. The molecule has 0 radical (unpaired) electrons. The number of para-hydroxylation sites is 1. The molecule has 1 heterocycles. The Balaban J connectivity index is 1.45. The first kappa shape index (κ1) is 21.1. The molecule has 0 atom stereocenters. The first-order valence-corrected chi connectivity index (χ1v) is 10.8. The van der Waals surface area contributed by atoms with Gasteiger partial charge in [-0.15, -0.1) is 0 Å². The molecule has 1 N–H and O–H groups in total. The number of nitrogens with one attached hydrogen (secondary N) is 1. The third-order valence-corrected chi connectivity index (χ3v) is 6.58. The minimum atomic E-state index is -3.77. The predicted octanol–water partition coefficient (Wildman–Crippen LogP) is 2.23. The van der Waals surface area contributed by atoms with Crippen molar-refractivity contribution in [3.8, 4) is 5.75 Å². The molecule has 156 valence electrons. The molecule has 0 saturated carbocycles. The fourth-order valence-corrected chi connectivity index (χ4v) is 4.51. The van der Waals surface area contributed by atoms with Gasteiger partial charge in [-0.25, -0.2) is 17.6 Å². The molecular weight excluding hydrogens is 397 g/mol. The summed E-state index contributed by atoms with van der Waals surface area (Å²) in [5.74, 6) is 0.176. The van der Waals surface area contributed by atoms with Crippen molar-refractivity contribution < 1.29 is 22.3 Å². The van der Waals surface area contributed by atoms with Gasteiger partial charge >= 0.3 is 6.03 Å². The van der Waals surface area contributed by atoms with Crippen LogP contribution in [0.3, 0.4) is 0 Å². The molecule has 0 aliphatic carbocycles. The summed E-state index contributed by atoms with van der Waals surface area (Å²) in [6.07, 6.45) is 0. The Morgan fingerprint density at radius 1 is 1.10 bits per heavy atom. The van der Waals surface area contributed by atoms with E-state index in [2.05, 4.69) is 5.32 Å². The summed E-state index contributed by atoms with van der Waals surface area (Å²) in [5, 5.41) is 2.78. The van der Waals surface area contributed by atoms with Gasteiger partial charge in [-0.3, -0.25) is 0 Å². The van der Waals surface area contributed by atoms with Crippen molar-refractivity contribution >= 4 is 16.1 Å².